The summed E-state index contributed by atoms with van der Waals surface area (Å²) in [6.45, 7) is 3.74. The molecular formula is C30H37N3O6S. The molecule has 0 saturated carbocycles. The second-order valence-corrected chi connectivity index (χ2v) is 11.0. The van der Waals surface area contributed by atoms with E-state index < -0.39 is 28.5 Å². The Morgan fingerprint density at radius 1 is 0.900 bits per heavy atom. The standard InChI is InChI=1S/C30H37N3O6S/c1-5-6-20-31-30(35)23(2)32(21-24-12-8-7-9-13-24)29(34)22-33(27-14-10-11-15-28(27)39-4)40(36,37)26-18-16-25(38-3)17-19-26/h7-19,23H,5-6,20-22H2,1-4H3,(H,31,35)/t23-/m0/s1. The molecule has 1 N–H and O–H groups in total. The molecule has 214 valence electrons. The molecule has 9 nitrogen and oxygen atoms in total. The van der Waals surface area contributed by atoms with Crippen LogP contribution in [-0.2, 0) is 26.2 Å². The normalized spacial score (nSPS) is 11.8. The Balaban J connectivity index is 2.02. The van der Waals surface area contributed by atoms with E-state index in [0.717, 1.165) is 22.7 Å². The summed E-state index contributed by atoms with van der Waals surface area (Å²) in [5.74, 6) is -0.0623. The van der Waals surface area contributed by atoms with Gasteiger partial charge in [-0.15, -0.1) is 0 Å². The first-order valence-corrected chi connectivity index (χ1v) is 14.6. The third-order valence-electron chi connectivity index (χ3n) is 6.47. The summed E-state index contributed by atoms with van der Waals surface area (Å²) >= 11 is 0. The van der Waals surface area contributed by atoms with E-state index in [0.29, 0.717) is 12.3 Å². The molecule has 0 heterocycles. The highest BCUT2D eigenvalue weighted by atomic mass is 32.2. The Morgan fingerprint density at radius 2 is 1.55 bits per heavy atom. The Kier molecular flexibility index (Phi) is 11.0. The van der Waals surface area contributed by atoms with Crippen LogP contribution in [0.25, 0.3) is 0 Å². The van der Waals surface area contributed by atoms with Crippen molar-refractivity contribution in [1.82, 2.24) is 10.2 Å². The van der Waals surface area contributed by atoms with Crippen LogP contribution in [0.3, 0.4) is 0 Å². The minimum Gasteiger partial charge on any atom is -0.497 e. The van der Waals surface area contributed by atoms with Gasteiger partial charge in [0.2, 0.25) is 11.8 Å². The van der Waals surface area contributed by atoms with E-state index in [1.165, 1.54) is 31.3 Å². The van der Waals surface area contributed by atoms with Crippen molar-refractivity contribution in [3.63, 3.8) is 0 Å². The highest BCUT2D eigenvalue weighted by molar-refractivity contribution is 7.92. The average Bonchev–Trinajstić information content (AvgIpc) is 2.98. The van der Waals surface area contributed by atoms with Gasteiger partial charge in [-0.3, -0.25) is 13.9 Å². The van der Waals surface area contributed by atoms with Crippen LogP contribution in [0.2, 0.25) is 0 Å². The predicted molar refractivity (Wildman–Crippen MR) is 155 cm³/mol. The molecule has 40 heavy (non-hydrogen) atoms. The lowest BCUT2D eigenvalue weighted by atomic mass is 10.1. The van der Waals surface area contributed by atoms with Crippen LogP contribution in [-0.4, -0.2) is 58.5 Å². The van der Waals surface area contributed by atoms with Gasteiger partial charge in [0.05, 0.1) is 24.8 Å². The summed E-state index contributed by atoms with van der Waals surface area (Å²) < 4.78 is 39.6. The molecule has 0 aliphatic heterocycles. The number of hydrogen-bond acceptors (Lipinski definition) is 6. The van der Waals surface area contributed by atoms with Gasteiger partial charge in [-0.2, -0.15) is 0 Å². The Hall–Kier alpha value is -4.05. The number of nitrogens with zero attached hydrogens (tertiary/aromatic N) is 2. The molecule has 0 bridgehead atoms. The predicted octanol–water partition coefficient (Wildman–Crippen LogP) is 4.23. The quantitative estimate of drug-likeness (QED) is 0.292. The minimum atomic E-state index is -4.23. The maximum atomic E-state index is 14.0. The molecule has 3 rings (SSSR count). The highest BCUT2D eigenvalue weighted by Gasteiger charge is 2.33. The van der Waals surface area contributed by atoms with Crippen molar-refractivity contribution >= 4 is 27.5 Å². The lowest BCUT2D eigenvalue weighted by Crippen LogP contribution is -2.51. The van der Waals surface area contributed by atoms with Crippen LogP contribution < -0.4 is 19.1 Å². The number of nitrogens with one attached hydrogen (secondary N) is 1. The third kappa shape index (κ3) is 7.53. The number of amides is 2. The van der Waals surface area contributed by atoms with E-state index in [2.05, 4.69) is 5.32 Å². The molecule has 0 unspecified atom stereocenters. The molecule has 0 aromatic heterocycles. The van der Waals surface area contributed by atoms with Crippen LogP contribution in [0.15, 0.2) is 83.8 Å². The first kappa shape index (κ1) is 30.5. The van der Waals surface area contributed by atoms with E-state index in [4.69, 9.17) is 9.47 Å². The summed E-state index contributed by atoms with van der Waals surface area (Å²) in [6, 6.07) is 20.9. The molecule has 3 aromatic carbocycles. The maximum Gasteiger partial charge on any atom is 0.264 e. The topological polar surface area (TPSA) is 105 Å². The smallest absolute Gasteiger partial charge is 0.264 e. The first-order chi connectivity index (χ1) is 19.2. The zero-order valence-electron chi connectivity index (χ0n) is 23.4. The molecular weight excluding hydrogens is 530 g/mol. The third-order valence-corrected chi connectivity index (χ3v) is 8.25. The molecule has 0 aliphatic rings. The number of carbonyl (C=O) groups excluding carboxylic acids is 2. The van der Waals surface area contributed by atoms with Gasteiger partial charge in [-0.25, -0.2) is 8.42 Å². The van der Waals surface area contributed by atoms with E-state index in [-0.39, 0.29) is 28.8 Å². The van der Waals surface area contributed by atoms with E-state index >= 15 is 0 Å². The second kappa shape index (κ2) is 14.4. The number of rotatable bonds is 14. The summed E-state index contributed by atoms with van der Waals surface area (Å²) in [4.78, 5) is 28.4. The number of methoxy groups -OCH3 is 2. The Labute approximate surface area is 236 Å². The maximum absolute atomic E-state index is 14.0. The zero-order valence-corrected chi connectivity index (χ0v) is 24.2. The number of anilines is 1. The Morgan fingerprint density at radius 3 is 2.17 bits per heavy atom. The number of hydrogen-bond donors (Lipinski definition) is 1. The van der Waals surface area contributed by atoms with Crippen molar-refractivity contribution in [3.8, 4) is 11.5 Å². The Bertz CT molecular complexity index is 1360. The molecule has 0 fully saturated rings. The molecule has 1 atom stereocenters. The number of carbonyl (C=O) groups is 2. The number of unbranched alkanes of at least 4 members (excludes halogenated alkanes) is 1. The summed E-state index contributed by atoms with van der Waals surface area (Å²) in [5.41, 5.74) is 1.01. The number of sulfonamides is 1. The van der Waals surface area contributed by atoms with Gasteiger partial charge in [-0.05, 0) is 55.3 Å². The first-order valence-electron chi connectivity index (χ1n) is 13.1. The van der Waals surface area contributed by atoms with Gasteiger partial charge in [0, 0.05) is 13.1 Å². The summed E-state index contributed by atoms with van der Waals surface area (Å²) in [6.07, 6.45) is 1.73. The summed E-state index contributed by atoms with van der Waals surface area (Å²) in [7, 11) is -1.30. The van der Waals surface area contributed by atoms with Crippen molar-refractivity contribution in [2.45, 2.75) is 44.2 Å². The lowest BCUT2D eigenvalue weighted by molar-refractivity contribution is -0.139. The molecule has 2 amide bonds. The monoisotopic (exact) mass is 567 g/mol. The molecule has 0 spiro atoms. The van der Waals surface area contributed by atoms with Crippen molar-refractivity contribution in [2.24, 2.45) is 0 Å². The fourth-order valence-corrected chi connectivity index (χ4v) is 5.55. The molecule has 10 heteroatoms. The van der Waals surface area contributed by atoms with Gasteiger partial charge in [0.1, 0.15) is 24.1 Å². The van der Waals surface area contributed by atoms with Crippen molar-refractivity contribution in [2.75, 3.05) is 31.6 Å². The molecule has 3 aromatic rings. The van der Waals surface area contributed by atoms with Crippen molar-refractivity contribution in [3.05, 3.63) is 84.4 Å². The van der Waals surface area contributed by atoms with Gasteiger partial charge in [-0.1, -0.05) is 55.8 Å². The SMILES string of the molecule is CCCCNC(=O)[C@H](C)N(Cc1ccccc1)C(=O)CN(c1ccccc1OC)S(=O)(=O)c1ccc(OC)cc1. The lowest BCUT2D eigenvalue weighted by Gasteiger charge is -2.32. The molecule has 0 aliphatic carbocycles. The van der Waals surface area contributed by atoms with Crippen molar-refractivity contribution < 1.29 is 27.5 Å². The van der Waals surface area contributed by atoms with E-state index in [9.17, 15) is 18.0 Å². The van der Waals surface area contributed by atoms with Crippen LogP contribution in [0, 0.1) is 0 Å². The van der Waals surface area contributed by atoms with Crippen LogP contribution in [0.1, 0.15) is 32.3 Å². The van der Waals surface area contributed by atoms with E-state index in [1.54, 1.807) is 43.3 Å². The van der Waals surface area contributed by atoms with Crippen molar-refractivity contribution in [1.29, 1.82) is 0 Å². The zero-order chi connectivity index (χ0) is 29.1. The minimum absolute atomic E-state index is 0.0213. The fourth-order valence-electron chi connectivity index (χ4n) is 4.12. The van der Waals surface area contributed by atoms with Gasteiger partial charge < -0.3 is 19.7 Å². The van der Waals surface area contributed by atoms with Crippen LogP contribution in [0.4, 0.5) is 5.69 Å². The van der Waals surface area contributed by atoms with E-state index in [1.807, 2.05) is 37.3 Å². The van der Waals surface area contributed by atoms with Gasteiger partial charge in [0.25, 0.3) is 10.0 Å². The molecule has 0 saturated heterocycles. The highest BCUT2D eigenvalue weighted by Crippen LogP contribution is 2.33. The number of benzene rings is 3. The average molecular weight is 568 g/mol. The fraction of sp³-hybridized carbons (Fsp3) is 0.333. The molecule has 0 radical (unpaired) electrons. The summed E-state index contributed by atoms with van der Waals surface area (Å²) in [5, 5.41) is 2.88. The van der Waals surface area contributed by atoms with Crippen LogP contribution >= 0.6 is 0 Å². The van der Waals surface area contributed by atoms with Crippen LogP contribution in [0.5, 0.6) is 11.5 Å². The number of para-hydroxylation sites is 2. The van der Waals surface area contributed by atoms with Gasteiger partial charge >= 0.3 is 0 Å². The largest absolute Gasteiger partial charge is 0.497 e. The van der Waals surface area contributed by atoms with Gasteiger partial charge in [0.15, 0.2) is 0 Å². The number of ether oxygens (including phenoxy) is 2. The second-order valence-electron chi connectivity index (χ2n) is 9.19.